The second-order valence-corrected chi connectivity index (χ2v) is 8.13. The maximum atomic E-state index is 12.7. The largest absolute Gasteiger partial charge is 0.334 e. The molecule has 0 bridgehead atoms. The van der Waals surface area contributed by atoms with Gasteiger partial charge in [-0.15, -0.1) is 0 Å². The van der Waals surface area contributed by atoms with Crippen molar-refractivity contribution in [3.63, 3.8) is 0 Å². The highest BCUT2D eigenvalue weighted by Crippen LogP contribution is 2.35. The van der Waals surface area contributed by atoms with Crippen LogP contribution in [-0.4, -0.2) is 65.4 Å². The topological polar surface area (TPSA) is 65.5 Å². The van der Waals surface area contributed by atoms with Crippen LogP contribution in [0.3, 0.4) is 0 Å². The number of urea groups is 1. The second kappa shape index (κ2) is 9.32. The number of rotatable bonds is 6. The van der Waals surface area contributed by atoms with Crippen molar-refractivity contribution in [2.75, 3.05) is 26.7 Å². The molecular formula is C22H32N4O2. The lowest BCUT2D eigenvalue weighted by molar-refractivity contribution is -0.119. The van der Waals surface area contributed by atoms with E-state index in [2.05, 4.69) is 28.7 Å². The third-order valence-electron chi connectivity index (χ3n) is 5.97. The first-order valence-corrected chi connectivity index (χ1v) is 10.3. The number of ketones is 1. The van der Waals surface area contributed by atoms with Gasteiger partial charge in [-0.2, -0.15) is 0 Å². The minimum absolute atomic E-state index is 0.0534. The molecule has 6 nitrogen and oxygen atoms in total. The van der Waals surface area contributed by atoms with Crippen molar-refractivity contribution < 1.29 is 9.59 Å². The van der Waals surface area contributed by atoms with Crippen molar-refractivity contribution in [3.05, 3.63) is 42.2 Å². The summed E-state index contributed by atoms with van der Waals surface area (Å²) in [5.41, 5.74) is 1.75. The van der Waals surface area contributed by atoms with Crippen LogP contribution in [0.25, 0.3) is 0 Å². The molecule has 1 aliphatic carbocycles. The number of hydrogen-bond donors (Lipinski definition) is 1. The number of Topliss-reactive ketones (excluding diaryl/α,β-unsaturated/α-hetero) is 1. The minimum atomic E-state index is -0.0534. The van der Waals surface area contributed by atoms with Gasteiger partial charge in [0, 0.05) is 57.0 Å². The molecule has 3 atom stereocenters. The van der Waals surface area contributed by atoms with Gasteiger partial charge < -0.3 is 10.2 Å². The molecule has 0 spiro atoms. The highest BCUT2D eigenvalue weighted by Gasteiger charge is 2.41. The highest BCUT2D eigenvalue weighted by molar-refractivity contribution is 5.95. The predicted octanol–water partition coefficient (Wildman–Crippen LogP) is 2.65. The summed E-state index contributed by atoms with van der Waals surface area (Å²) >= 11 is 0. The quantitative estimate of drug-likeness (QED) is 0.766. The normalized spacial score (nSPS) is 25.3. The molecule has 3 rings (SSSR count). The summed E-state index contributed by atoms with van der Waals surface area (Å²) in [6.07, 6.45) is 5.77. The average molecular weight is 385 g/mol. The Bertz CT molecular complexity index is 706. The van der Waals surface area contributed by atoms with Gasteiger partial charge in [-0.3, -0.25) is 14.7 Å². The van der Waals surface area contributed by atoms with E-state index in [9.17, 15) is 9.59 Å². The third-order valence-corrected chi connectivity index (χ3v) is 5.97. The Morgan fingerprint density at radius 1 is 1.39 bits per heavy atom. The number of carbonyl (C=O) groups excluding carboxylic acids is 2. The van der Waals surface area contributed by atoms with Crippen LogP contribution >= 0.6 is 0 Å². The van der Waals surface area contributed by atoms with Crippen molar-refractivity contribution in [3.8, 4) is 0 Å². The van der Waals surface area contributed by atoms with Gasteiger partial charge in [0.1, 0.15) is 0 Å². The van der Waals surface area contributed by atoms with Crippen molar-refractivity contribution >= 4 is 11.8 Å². The molecule has 2 fully saturated rings. The molecule has 152 valence electrons. The lowest BCUT2D eigenvalue weighted by Crippen LogP contribution is -2.58. The lowest BCUT2D eigenvalue weighted by atomic mass is 9.74. The number of carbonyl (C=O) groups is 2. The number of piperidine rings is 1. The fourth-order valence-electron chi connectivity index (χ4n) is 4.44. The number of nitrogens with zero attached hydrogens (tertiary/aromatic N) is 3. The molecule has 1 saturated heterocycles. The number of hydrogen-bond acceptors (Lipinski definition) is 4. The molecule has 2 heterocycles. The van der Waals surface area contributed by atoms with E-state index in [4.69, 9.17) is 0 Å². The number of fused-ring (bicyclic) bond motifs is 1. The van der Waals surface area contributed by atoms with Crippen LogP contribution in [0.15, 0.2) is 36.5 Å². The van der Waals surface area contributed by atoms with Gasteiger partial charge in [-0.1, -0.05) is 19.6 Å². The Hall–Kier alpha value is -2.21. The fraction of sp³-hybridized carbons (Fsp3) is 0.591. The van der Waals surface area contributed by atoms with Gasteiger partial charge in [0.2, 0.25) is 0 Å². The van der Waals surface area contributed by atoms with E-state index in [1.807, 2.05) is 25.2 Å². The first-order valence-electron chi connectivity index (χ1n) is 10.3. The Morgan fingerprint density at radius 2 is 2.21 bits per heavy atom. The summed E-state index contributed by atoms with van der Waals surface area (Å²) in [7, 11) is 1.82. The molecule has 2 aliphatic rings. The van der Waals surface area contributed by atoms with Crippen molar-refractivity contribution in [2.24, 2.45) is 5.92 Å². The maximum absolute atomic E-state index is 12.7. The van der Waals surface area contributed by atoms with Gasteiger partial charge in [-0.05, 0) is 49.4 Å². The first kappa shape index (κ1) is 20.5. The third kappa shape index (κ3) is 4.98. The first-order chi connectivity index (χ1) is 13.5. The number of nitrogens with one attached hydrogen (secondary N) is 1. The molecule has 28 heavy (non-hydrogen) atoms. The molecule has 1 aromatic rings. The molecule has 0 unspecified atom stereocenters. The molecule has 1 aliphatic heterocycles. The molecule has 0 aromatic carbocycles. The number of amides is 2. The van der Waals surface area contributed by atoms with Gasteiger partial charge >= 0.3 is 6.03 Å². The second-order valence-electron chi connectivity index (χ2n) is 8.13. The summed E-state index contributed by atoms with van der Waals surface area (Å²) < 4.78 is 0. The number of likely N-dealkylation sites (tertiary alicyclic amines) is 1. The summed E-state index contributed by atoms with van der Waals surface area (Å²) in [6, 6.07) is 6.25. The SMILES string of the molecule is C=C1C[C@@H]2[C@@H](CC1=O)C[C@H](NC(=O)N(C)CCc1ccccn1)CN2CCC. The Morgan fingerprint density at radius 3 is 2.93 bits per heavy atom. The molecule has 1 saturated carbocycles. The van der Waals surface area contributed by atoms with Crippen LogP contribution in [0.1, 0.15) is 38.3 Å². The summed E-state index contributed by atoms with van der Waals surface area (Å²) in [5, 5.41) is 3.19. The van der Waals surface area contributed by atoms with Crippen LogP contribution < -0.4 is 5.32 Å². The van der Waals surface area contributed by atoms with Crippen molar-refractivity contribution in [1.29, 1.82) is 0 Å². The van der Waals surface area contributed by atoms with Crippen LogP contribution in [0.4, 0.5) is 4.79 Å². The van der Waals surface area contributed by atoms with Crippen molar-refractivity contribution in [1.82, 2.24) is 20.1 Å². The van der Waals surface area contributed by atoms with E-state index in [1.165, 1.54) is 0 Å². The molecule has 0 radical (unpaired) electrons. The van der Waals surface area contributed by atoms with Gasteiger partial charge in [0.05, 0.1) is 0 Å². The monoisotopic (exact) mass is 384 g/mol. The van der Waals surface area contributed by atoms with Gasteiger partial charge in [-0.25, -0.2) is 4.79 Å². The summed E-state index contributed by atoms with van der Waals surface area (Å²) in [5.74, 6) is 0.500. The number of pyridine rings is 1. The van der Waals surface area contributed by atoms with Crippen molar-refractivity contribution in [2.45, 2.75) is 51.1 Å². The molecule has 1 N–H and O–H groups in total. The Labute approximate surface area is 168 Å². The zero-order valence-electron chi connectivity index (χ0n) is 17.1. The Kier molecular flexibility index (Phi) is 6.83. The number of likely N-dealkylation sites (N-methyl/N-ethyl adjacent to an activating group) is 1. The van der Waals surface area contributed by atoms with E-state index in [0.717, 1.165) is 50.0 Å². The molecule has 6 heteroatoms. The standard InChI is InChI=1S/C22H32N4O2/c1-4-10-26-15-19(13-17-14-21(27)16(2)12-20(17)26)24-22(28)25(3)11-8-18-7-5-6-9-23-18/h5-7,9,17,19-20H,2,4,8,10-15H2,1,3H3,(H,24,28)/t17-,19+,20-/m1/s1. The van der Waals surface area contributed by atoms with Gasteiger partial charge in [0.25, 0.3) is 0 Å². The molecular weight excluding hydrogens is 352 g/mol. The average Bonchev–Trinajstić information content (AvgIpc) is 2.68. The van der Waals surface area contributed by atoms with E-state index in [1.54, 1.807) is 11.1 Å². The van der Waals surface area contributed by atoms with Gasteiger partial charge in [0.15, 0.2) is 5.78 Å². The predicted molar refractivity (Wildman–Crippen MR) is 110 cm³/mol. The fourth-order valence-corrected chi connectivity index (χ4v) is 4.44. The van der Waals surface area contributed by atoms with Crippen LogP contribution in [0.5, 0.6) is 0 Å². The molecule has 2 amide bonds. The smallest absolute Gasteiger partial charge is 0.317 e. The van der Waals surface area contributed by atoms with Crippen LogP contribution in [-0.2, 0) is 11.2 Å². The molecule has 1 aromatic heterocycles. The maximum Gasteiger partial charge on any atom is 0.317 e. The summed E-state index contributed by atoms with van der Waals surface area (Å²) in [4.78, 5) is 33.3. The zero-order valence-corrected chi connectivity index (χ0v) is 17.1. The van der Waals surface area contributed by atoms with Crippen LogP contribution in [0, 0.1) is 5.92 Å². The number of aromatic nitrogens is 1. The van der Waals surface area contributed by atoms with Crippen LogP contribution in [0.2, 0.25) is 0 Å². The highest BCUT2D eigenvalue weighted by atomic mass is 16.2. The zero-order chi connectivity index (χ0) is 20.1. The van der Waals surface area contributed by atoms with E-state index >= 15 is 0 Å². The van der Waals surface area contributed by atoms with E-state index < -0.39 is 0 Å². The summed E-state index contributed by atoms with van der Waals surface area (Å²) in [6.45, 7) is 8.59. The lowest BCUT2D eigenvalue weighted by Gasteiger charge is -2.47. The van der Waals surface area contributed by atoms with E-state index in [-0.39, 0.29) is 17.9 Å². The Balaban J connectivity index is 1.56. The van der Waals surface area contributed by atoms with E-state index in [0.29, 0.717) is 24.9 Å². The minimum Gasteiger partial charge on any atom is -0.334 e.